The number of aryl methyl sites for hydroxylation is 2. The fourth-order valence-electron chi connectivity index (χ4n) is 3.15. The molecule has 3 rings (SSSR count). The lowest BCUT2D eigenvalue weighted by atomic mass is 10.2. The highest BCUT2D eigenvalue weighted by Crippen LogP contribution is 2.36. The van der Waals surface area contributed by atoms with Gasteiger partial charge in [-0.05, 0) is 67.4 Å². The molecule has 31 heavy (non-hydrogen) atoms. The van der Waals surface area contributed by atoms with Crippen LogP contribution in [0, 0.1) is 13.8 Å². The van der Waals surface area contributed by atoms with Gasteiger partial charge < -0.3 is 15.4 Å². The van der Waals surface area contributed by atoms with Crippen LogP contribution in [0.4, 0.5) is 11.4 Å². The number of nitrogens with one attached hydrogen (secondary N) is 2. The summed E-state index contributed by atoms with van der Waals surface area (Å²) in [6, 6.07) is 16.6. The summed E-state index contributed by atoms with van der Waals surface area (Å²) in [4.78, 5) is 12.7. The van der Waals surface area contributed by atoms with Crippen molar-refractivity contribution in [2.45, 2.75) is 23.6 Å². The van der Waals surface area contributed by atoms with E-state index in [4.69, 9.17) is 16.3 Å². The first-order valence-electron chi connectivity index (χ1n) is 9.51. The average Bonchev–Trinajstić information content (AvgIpc) is 2.74. The molecule has 0 heterocycles. The fourth-order valence-corrected chi connectivity index (χ4v) is 4.92. The topological polar surface area (TPSA) is 84.5 Å². The van der Waals surface area contributed by atoms with E-state index in [2.05, 4.69) is 10.6 Å². The van der Waals surface area contributed by atoms with Crippen molar-refractivity contribution in [3.8, 4) is 5.75 Å². The second kappa shape index (κ2) is 9.41. The van der Waals surface area contributed by atoms with Gasteiger partial charge in [0.25, 0.3) is 0 Å². The maximum Gasteiger partial charge on any atom is 0.243 e. The van der Waals surface area contributed by atoms with Crippen molar-refractivity contribution in [2.24, 2.45) is 0 Å². The SMILES string of the molecule is COc1c(NCC(=O)Nc2ccc(Cl)cc2C)cc(C)cc1S(=O)(=O)c1ccccc1. The van der Waals surface area contributed by atoms with Crippen molar-refractivity contribution in [1.29, 1.82) is 0 Å². The van der Waals surface area contributed by atoms with E-state index in [1.54, 1.807) is 55.5 Å². The first-order chi connectivity index (χ1) is 14.7. The number of sulfone groups is 1. The summed E-state index contributed by atoms with van der Waals surface area (Å²) >= 11 is 5.95. The molecule has 8 heteroatoms. The Hall–Kier alpha value is -3.03. The summed E-state index contributed by atoms with van der Waals surface area (Å²) in [6.07, 6.45) is 0. The van der Waals surface area contributed by atoms with Gasteiger partial charge >= 0.3 is 0 Å². The molecule has 0 spiro atoms. The maximum absolute atomic E-state index is 13.2. The number of carbonyl (C=O) groups is 1. The van der Waals surface area contributed by atoms with Crippen LogP contribution in [0.1, 0.15) is 11.1 Å². The Balaban J connectivity index is 1.86. The molecule has 162 valence electrons. The van der Waals surface area contributed by atoms with Crippen LogP contribution in [-0.2, 0) is 14.6 Å². The highest BCUT2D eigenvalue weighted by molar-refractivity contribution is 7.91. The van der Waals surface area contributed by atoms with E-state index in [9.17, 15) is 13.2 Å². The Morgan fingerprint density at radius 1 is 1.00 bits per heavy atom. The van der Waals surface area contributed by atoms with E-state index in [1.807, 2.05) is 6.92 Å². The third kappa shape index (κ3) is 5.18. The molecule has 0 aliphatic heterocycles. The minimum Gasteiger partial charge on any atom is -0.493 e. The summed E-state index contributed by atoms with van der Waals surface area (Å²) in [5.41, 5.74) is 2.62. The molecule has 0 bridgehead atoms. The Kier molecular flexibility index (Phi) is 6.87. The number of methoxy groups -OCH3 is 1. The molecule has 0 aliphatic carbocycles. The number of anilines is 2. The molecule has 3 aromatic rings. The number of ether oxygens (including phenoxy) is 1. The summed E-state index contributed by atoms with van der Waals surface area (Å²) in [5.74, 6) is -0.133. The average molecular weight is 459 g/mol. The minimum atomic E-state index is -3.80. The van der Waals surface area contributed by atoms with Gasteiger partial charge in [0.05, 0.1) is 24.2 Å². The normalized spacial score (nSPS) is 11.1. The molecule has 0 aliphatic rings. The second-order valence-electron chi connectivity index (χ2n) is 7.02. The molecule has 3 aromatic carbocycles. The monoisotopic (exact) mass is 458 g/mol. The summed E-state index contributed by atoms with van der Waals surface area (Å²) < 4.78 is 31.8. The van der Waals surface area contributed by atoms with Crippen LogP contribution in [0.3, 0.4) is 0 Å². The van der Waals surface area contributed by atoms with Crippen molar-refractivity contribution in [2.75, 3.05) is 24.3 Å². The zero-order chi connectivity index (χ0) is 22.6. The van der Waals surface area contributed by atoms with E-state index in [-0.39, 0.29) is 28.0 Å². The number of carbonyl (C=O) groups excluding carboxylic acids is 1. The van der Waals surface area contributed by atoms with E-state index in [0.29, 0.717) is 22.0 Å². The third-order valence-corrected chi connectivity index (χ3v) is 6.66. The van der Waals surface area contributed by atoms with Crippen molar-refractivity contribution < 1.29 is 17.9 Å². The van der Waals surface area contributed by atoms with Crippen molar-refractivity contribution in [3.63, 3.8) is 0 Å². The van der Waals surface area contributed by atoms with Gasteiger partial charge in [-0.1, -0.05) is 29.8 Å². The summed E-state index contributed by atoms with van der Waals surface area (Å²) in [7, 11) is -2.40. The maximum atomic E-state index is 13.2. The van der Waals surface area contributed by atoms with Crippen LogP contribution in [-0.4, -0.2) is 28.0 Å². The van der Waals surface area contributed by atoms with Crippen molar-refractivity contribution in [1.82, 2.24) is 0 Å². The predicted molar refractivity (Wildman–Crippen MR) is 123 cm³/mol. The first kappa shape index (κ1) is 22.7. The smallest absolute Gasteiger partial charge is 0.243 e. The highest BCUT2D eigenvalue weighted by Gasteiger charge is 2.25. The minimum absolute atomic E-state index is 0.0395. The molecule has 6 nitrogen and oxygen atoms in total. The number of halogens is 1. The lowest BCUT2D eigenvalue weighted by molar-refractivity contribution is -0.114. The molecule has 0 radical (unpaired) electrons. The molecule has 1 amide bonds. The summed E-state index contributed by atoms with van der Waals surface area (Å²) in [6.45, 7) is 3.55. The van der Waals surface area contributed by atoms with Gasteiger partial charge in [-0.3, -0.25) is 4.79 Å². The highest BCUT2D eigenvalue weighted by atomic mass is 35.5. The van der Waals surface area contributed by atoms with Gasteiger partial charge in [0.1, 0.15) is 4.90 Å². The molecule has 0 saturated carbocycles. The number of hydrogen-bond donors (Lipinski definition) is 2. The Morgan fingerprint density at radius 3 is 2.35 bits per heavy atom. The van der Waals surface area contributed by atoms with Crippen LogP contribution in [0.5, 0.6) is 5.75 Å². The quantitative estimate of drug-likeness (QED) is 0.528. The molecule has 0 atom stereocenters. The fraction of sp³-hybridized carbons (Fsp3) is 0.174. The lowest BCUT2D eigenvalue weighted by Crippen LogP contribution is -2.22. The van der Waals surface area contributed by atoms with Gasteiger partial charge in [-0.25, -0.2) is 8.42 Å². The second-order valence-corrected chi connectivity index (χ2v) is 9.38. The molecular formula is C23H23ClN2O4S. The Labute approximate surface area is 187 Å². The Morgan fingerprint density at radius 2 is 1.71 bits per heavy atom. The van der Waals surface area contributed by atoms with E-state index in [1.165, 1.54) is 19.2 Å². The zero-order valence-corrected chi connectivity index (χ0v) is 19.0. The molecule has 0 fully saturated rings. The number of amides is 1. The van der Waals surface area contributed by atoms with Crippen LogP contribution in [0.25, 0.3) is 0 Å². The Bertz CT molecular complexity index is 1210. The lowest BCUT2D eigenvalue weighted by Gasteiger charge is -2.17. The molecule has 0 aromatic heterocycles. The number of benzene rings is 3. The number of hydrogen-bond acceptors (Lipinski definition) is 5. The van der Waals surface area contributed by atoms with Crippen LogP contribution >= 0.6 is 11.6 Å². The third-order valence-electron chi connectivity index (χ3n) is 4.65. The molecular weight excluding hydrogens is 436 g/mol. The summed E-state index contributed by atoms with van der Waals surface area (Å²) in [5, 5.41) is 6.39. The van der Waals surface area contributed by atoms with E-state index in [0.717, 1.165) is 5.56 Å². The standard InChI is InChI=1S/C23H23ClN2O4S/c1-15-11-20(25-14-22(27)26-19-10-9-17(24)13-16(19)2)23(30-3)21(12-15)31(28,29)18-7-5-4-6-8-18/h4-13,25H,14H2,1-3H3,(H,26,27). The molecule has 0 unspecified atom stereocenters. The molecule has 0 saturated heterocycles. The van der Waals surface area contributed by atoms with Gasteiger partial charge in [0.15, 0.2) is 5.75 Å². The van der Waals surface area contributed by atoms with Gasteiger partial charge in [-0.15, -0.1) is 0 Å². The van der Waals surface area contributed by atoms with E-state index < -0.39 is 9.84 Å². The predicted octanol–water partition coefficient (Wildman–Crippen LogP) is 4.85. The van der Waals surface area contributed by atoms with Crippen molar-refractivity contribution >= 4 is 38.7 Å². The van der Waals surface area contributed by atoms with Crippen LogP contribution in [0.15, 0.2) is 70.5 Å². The van der Waals surface area contributed by atoms with E-state index >= 15 is 0 Å². The zero-order valence-electron chi connectivity index (χ0n) is 17.4. The van der Waals surface area contributed by atoms with Crippen molar-refractivity contribution in [3.05, 3.63) is 76.8 Å². The van der Waals surface area contributed by atoms with Crippen LogP contribution in [0.2, 0.25) is 5.02 Å². The largest absolute Gasteiger partial charge is 0.493 e. The van der Waals surface area contributed by atoms with Crippen LogP contribution < -0.4 is 15.4 Å². The van der Waals surface area contributed by atoms with Gasteiger partial charge in [0.2, 0.25) is 15.7 Å². The van der Waals surface area contributed by atoms with Gasteiger partial charge in [-0.2, -0.15) is 0 Å². The first-order valence-corrected chi connectivity index (χ1v) is 11.4. The number of rotatable bonds is 7. The molecule has 2 N–H and O–H groups in total. The van der Waals surface area contributed by atoms with Gasteiger partial charge in [0, 0.05) is 10.7 Å².